The van der Waals surface area contributed by atoms with Crippen LogP contribution in [0.25, 0.3) is 0 Å². The predicted octanol–water partition coefficient (Wildman–Crippen LogP) is 5.33. The number of nitrogens with zero attached hydrogens (tertiary/aromatic N) is 2. The van der Waals surface area contributed by atoms with E-state index in [1.165, 1.54) is 18.2 Å². The number of likely N-dealkylation sites (tertiary alicyclic amines) is 1. The van der Waals surface area contributed by atoms with Gasteiger partial charge in [-0.05, 0) is 73.4 Å². The van der Waals surface area contributed by atoms with Crippen LogP contribution in [0.3, 0.4) is 0 Å². The van der Waals surface area contributed by atoms with E-state index in [-0.39, 0.29) is 35.8 Å². The van der Waals surface area contributed by atoms with Crippen molar-refractivity contribution in [2.24, 2.45) is 0 Å². The Morgan fingerprint density at radius 3 is 2.28 bits per heavy atom. The summed E-state index contributed by atoms with van der Waals surface area (Å²) in [5.74, 6) is -0.380. The largest absolute Gasteiger partial charge is 0.457 e. The third-order valence-electron chi connectivity index (χ3n) is 7.29. The maximum absolute atomic E-state index is 14.1. The van der Waals surface area contributed by atoms with E-state index in [1.54, 1.807) is 17.0 Å². The van der Waals surface area contributed by atoms with Crippen molar-refractivity contribution in [3.05, 3.63) is 83.9 Å². The first-order valence-electron chi connectivity index (χ1n) is 14.4. The minimum atomic E-state index is -3.68. The number of aliphatic hydroxyl groups excluding tert-OH is 1. The first kappa shape index (κ1) is 32.3. The van der Waals surface area contributed by atoms with E-state index in [0.717, 1.165) is 63.0 Å². The summed E-state index contributed by atoms with van der Waals surface area (Å²) in [6, 6.07) is 16.5. The molecule has 4 rings (SSSR count). The van der Waals surface area contributed by atoms with Gasteiger partial charge in [-0.1, -0.05) is 25.5 Å². The van der Waals surface area contributed by atoms with Crippen LogP contribution in [0.1, 0.15) is 38.2 Å². The summed E-state index contributed by atoms with van der Waals surface area (Å²) < 4.78 is 59.9. The van der Waals surface area contributed by atoms with Gasteiger partial charge in [0.05, 0.1) is 17.2 Å². The second-order valence-corrected chi connectivity index (χ2v) is 12.2. The predicted molar refractivity (Wildman–Crippen MR) is 161 cm³/mol. The summed E-state index contributed by atoms with van der Waals surface area (Å²) >= 11 is 0. The molecule has 12 heteroatoms. The fraction of sp³-hybridized carbons (Fsp3) is 0.387. The summed E-state index contributed by atoms with van der Waals surface area (Å²) in [7, 11) is -3.68. The van der Waals surface area contributed by atoms with Gasteiger partial charge in [-0.25, -0.2) is 26.7 Å². The Labute approximate surface area is 251 Å². The van der Waals surface area contributed by atoms with Gasteiger partial charge < -0.3 is 20.1 Å². The Morgan fingerprint density at radius 2 is 1.67 bits per heavy atom. The highest BCUT2D eigenvalue weighted by molar-refractivity contribution is 7.89. The molecule has 0 unspecified atom stereocenters. The first-order chi connectivity index (χ1) is 20.7. The SMILES string of the molecule is CCCCN(C(=O)Nc1ccc(F)cc1F)C1CCN(Cc2ccc(Oc3ccc(S(=O)(=O)NCCO)cc3)cc2)CC1. The van der Waals surface area contributed by atoms with Crippen LogP contribution < -0.4 is 14.8 Å². The van der Waals surface area contributed by atoms with Crippen LogP contribution in [0.2, 0.25) is 0 Å². The Morgan fingerprint density at radius 1 is 1.02 bits per heavy atom. The van der Waals surface area contributed by atoms with Crippen molar-refractivity contribution in [1.29, 1.82) is 0 Å². The summed E-state index contributed by atoms with van der Waals surface area (Å²) in [6.45, 7) is 4.61. The zero-order valence-corrected chi connectivity index (χ0v) is 25.0. The van der Waals surface area contributed by atoms with Crippen LogP contribution in [-0.2, 0) is 16.6 Å². The summed E-state index contributed by atoms with van der Waals surface area (Å²) in [5, 5.41) is 11.5. The van der Waals surface area contributed by atoms with Gasteiger partial charge >= 0.3 is 6.03 Å². The molecular weight excluding hydrogens is 578 g/mol. The van der Waals surface area contributed by atoms with E-state index in [9.17, 15) is 22.0 Å². The normalized spacial score (nSPS) is 14.4. The average Bonchev–Trinajstić information content (AvgIpc) is 3.00. The number of ether oxygens (including phenoxy) is 1. The fourth-order valence-electron chi connectivity index (χ4n) is 4.95. The van der Waals surface area contributed by atoms with Gasteiger partial charge in [0.1, 0.15) is 23.1 Å². The molecule has 43 heavy (non-hydrogen) atoms. The van der Waals surface area contributed by atoms with Crippen LogP contribution in [0, 0.1) is 11.6 Å². The third kappa shape index (κ3) is 9.20. The molecule has 9 nitrogen and oxygen atoms in total. The zero-order valence-electron chi connectivity index (χ0n) is 24.1. The van der Waals surface area contributed by atoms with Crippen LogP contribution in [0.5, 0.6) is 11.5 Å². The number of amides is 2. The number of aliphatic hydroxyl groups is 1. The highest BCUT2D eigenvalue weighted by Gasteiger charge is 2.28. The number of carbonyl (C=O) groups is 1. The third-order valence-corrected chi connectivity index (χ3v) is 8.76. The standard InChI is InChI=1S/C31H38F2N4O5S/c1-2-3-17-37(31(39)35-30-13-6-24(32)21-29(30)33)25-14-18-36(19-15-25)22-23-4-7-26(8-5-23)42-27-9-11-28(12-10-27)43(40,41)34-16-20-38/h4-13,21,25,34,38H,2-3,14-20,22H2,1H3,(H,35,39). The lowest BCUT2D eigenvalue weighted by molar-refractivity contribution is 0.122. The number of urea groups is 1. The second-order valence-electron chi connectivity index (χ2n) is 10.4. The van der Waals surface area contributed by atoms with Gasteiger partial charge in [0, 0.05) is 44.8 Å². The average molecular weight is 617 g/mol. The van der Waals surface area contributed by atoms with Gasteiger partial charge in [-0.2, -0.15) is 0 Å². The molecule has 1 aliphatic heterocycles. The van der Waals surface area contributed by atoms with Crippen molar-refractivity contribution in [2.75, 3.05) is 38.1 Å². The van der Waals surface area contributed by atoms with E-state index < -0.39 is 21.7 Å². The molecule has 0 radical (unpaired) electrons. The monoisotopic (exact) mass is 616 g/mol. The number of halogens is 2. The van der Waals surface area contributed by atoms with Crippen LogP contribution in [0.15, 0.2) is 71.6 Å². The lowest BCUT2D eigenvalue weighted by Gasteiger charge is -2.38. The lowest BCUT2D eigenvalue weighted by Crippen LogP contribution is -2.49. The molecule has 0 aromatic heterocycles. The molecule has 3 aromatic rings. The number of unbranched alkanes of at least 4 members (excludes halogenated alkanes) is 1. The molecule has 1 saturated heterocycles. The van der Waals surface area contributed by atoms with Gasteiger partial charge in [-0.15, -0.1) is 0 Å². The van der Waals surface area contributed by atoms with Gasteiger partial charge in [-0.3, -0.25) is 4.90 Å². The van der Waals surface area contributed by atoms with Crippen LogP contribution in [-0.4, -0.2) is 68.2 Å². The highest BCUT2D eigenvalue weighted by atomic mass is 32.2. The number of anilines is 1. The fourth-order valence-corrected chi connectivity index (χ4v) is 5.97. The molecule has 0 spiro atoms. The molecule has 0 bridgehead atoms. The van der Waals surface area contributed by atoms with Gasteiger partial charge in [0.15, 0.2) is 0 Å². The highest BCUT2D eigenvalue weighted by Crippen LogP contribution is 2.25. The Bertz CT molecular complexity index is 1450. The number of rotatable bonds is 13. The first-order valence-corrected chi connectivity index (χ1v) is 15.9. The number of sulfonamides is 1. The molecule has 1 fully saturated rings. The minimum Gasteiger partial charge on any atom is -0.457 e. The zero-order chi connectivity index (χ0) is 30.8. The van der Waals surface area contributed by atoms with E-state index in [0.29, 0.717) is 18.0 Å². The maximum atomic E-state index is 14.1. The number of piperidine rings is 1. The number of nitrogens with one attached hydrogen (secondary N) is 2. The molecule has 2 amide bonds. The molecular formula is C31H38F2N4O5S. The lowest BCUT2D eigenvalue weighted by atomic mass is 10.0. The van der Waals surface area contributed by atoms with E-state index in [1.807, 2.05) is 24.3 Å². The quantitative estimate of drug-likeness (QED) is 0.240. The van der Waals surface area contributed by atoms with Crippen molar-refractivity contribution < 1.29 is 31.8 Å². The molecule has 3 N–H and O–H groups in total. The van der Waals surface area contributed by atoms with Crippen LogP contribution in [0.4, 0.5) is 19.3 Å². The Hall–Kier alpha value is -3.58. The van der Waals surface area contributed by atoms with E-state index >= 15 is 0 Å². The summed E-state index contributed by atoms with van der Waals surface area (Å²) in [5.41, 5.74) is 1.07. The summed E-state index contributed by atoms with van der Waals surface area (Å²) in [6.07, 6.45) is 3.32. The Kier molecular flexibility index (Phi) is 11.5. The van der Waals surface area contributed by atoms with Crippen molar-refractivity contribution in [1.82, 2.24) is 14.5 Å². The van der Waals surface area contributed by atoms with Gasteiger partial charge in [0.2, 0.25) is 10.0 Å². The minimum absolute atomic E-state index is 0.0221. The Balaban J connectivity index is 1.28. The molecule has 0 aliphatic carbocycles. The topological polar surface area (TPSA) is 111 Å². The second kappa shape index (κ2) is 15.2. The molecule has 3 aromatic carbocycles. The van der Waals surface area contributed by atoms with Crippen molar-refractivity contribution in [3.63, 3.8) is 0 Å². The summed E-state index contributed by atoms with van der Waals surface area (Å²) in [4.78, 5) is 17.3. The molecule has 1 heterocycles. The van der Waals surface area contributed by atoms with E-state index in [2.05, 4.69) is 21.9 Å². The molecule has 232 valence electrons. The van der Waals surface area contributed by atoms with Crippen molar-refractivity contribution in [2.45, 2.75) is 50.1 Å². The molecule has 0 atom stereocenters. The molecule has 1 aliphatic rings. The smallest absolute Gasteiger partial charge is 0.322 e. The number of benzene rings is 3. The van der Waals surface area contributed by atoms with Crippen molar-refractivity contribution in [3.8, 4) is 11.5 Å². The molecule has 0 saturated carbocycles. The number of hydrogen-bond donors (Lipinski definition) is 3. The maximum Gasteiger partial charge on any atom is 0.322 e. The van der Waals surface area contributed by atoms with Gasteiger partial charge in [0.25, 0.3) is 0 Å². The van der Waals surface area contributed by atoms with Crippen LogP contribution >= 0.6 is 0 Å². The number of carbonyl (C=O) groups excluding carboxylic acids is 1. The van der Waals surface area contributed by atoms with E-state index in [4.69, 9.17) is 9.84 Å². The number of hydrogen-bond acceptors (Lipinski definition) is 6. The van der Waals surface area contributed by atoms with Crippen molar-refractivity contribution >= 4 is 21.7 Å².